The van der Waals surface area contributed by atoms with E-state index in [1.165, 1.54) is 28.3 Å². The van der Waals surface area contributed by atoms with Gasteiger partial charge < -0.3 is 15.6 Å². The van der Waals surface area contributed by atoms with Crippen LogP contribution in [-0.4, -0.2) is 43.6 Å². The monoisotopic (exact) mass is 475 g/mol. The molecule has 5 rings (SSSR count). The summed E-state index contributed by atoms with van der Waals surface area (Å²) in [6.45, 7) is 3.42. The van der Waals surface area contributed by atoms with Crippen LogP contribution in [0.15, 0.2) is 35.6 Å². The van der Waals surface area contributed by atoms with Gasteiger partial charge in [0.25, 0.3) is 5.56 Å². The number of aryl methyl sites for hydroxylation is 1. The van der Waals surface area contributed by atoms with E-state index in [0.29, 0.717) is 16.9 Å². The lowest BCUT2D eigenvalue weighted by Gasteiger charge is -2.24. The van der Waals surface area contributed by atoms with Gasteiger partial charge in [0.15, 0.2) is 0 Å². The van der Waals surface area contributed by atoms with Crippen molar-refractivity contribution < 1.29 is 13.2 Å². The molecule has 12 heteroatoms. The summed E-state index contributed by atoms with van der Waals surface area (Å²) in [6.07, 6.45) is 2.48. The highest BCUT2D eigenvalue weighted by Crippen LogP contribution is 2.38. The standard InChI is InChI=1S/C21H20F3N7OS/c1-11-26-10-16(33-11)31-6-4-13-14(8-27-18(13)19(31)32)17-15(21(22,23)24)9-28-20(30-17)29-12-3-2-5-25-7-12/h4,6,8-10,12,25,27H,2-3,5,7H2,1H3,(H,28,29,30). The van der Waals surface area contributed by atoms with Gasteiger partial charge in [0.2, 0.25) is 5.95 Å². The van der Waals surface area contributed by atoms with Gasteiger partial charge in [0.05, 0.1) is 16.9 Å². The molecule has 1 saturated heterocycles. The van der Waals surface area contributed by atoms with Gasteiger partial charge >= 0.3 is 6.18 Å². The quantitative estimate of drug-likeness (QED) is 0.416. The zero-order valence-corrected chi connectivity index (χ0v) is 18.3. The van der Waals surface area contributed by atoms with Crippen molar-refractivity contribution in [3.8, 4) is 16.3 Å². The number of piperidine rings is 1. The van der Waals surface area contributed by atoms with Gasteiger partial charge in [0, 0.05) is 42.1 Å². The highest BCUT2D eigenvalue weighted by Gasteiger charge is 2.36. The van der Waals surface area contributed by atoms with E-state index in [2.05, 4.69) is 30.6 Å². The molecule has 1 fully saturated rings. The molecule has 0 aliphatic carbocycles. The normalized spacial score (nSPS) is 16.9. The molecule has 4 aromatic rings. The topological polar surface area (TPSA) is 101 Å². The third-order valence-electron chi connectivity index (χ3n) is 5.57. The number of halogens is 3. The molecule has 1 unspecified atom stereocenters. The summed E-state index contributed by atoms with van der Waals surface area (Å²) in [5.41, 5.74) is -1.24. The Balaban J connectivity index is 1.61. The number of thiazole rings is 1. The molecule has 1 aliphatic rings. The van der Waals surface area contributed by atoms with Gasteiger partial charge in [-0.2, -0.15) is 13.2 Å². The number of anilines is 1. The molecule has 3 N–H and O–H groups in total. The zero-order valence-electron chi connectivity index (χ0n) is 17.5. The van der Waals surface area contributed by atoms with Gasteiger partial charge in [0.1, 0.15) is 16.1 Å². The predicted molar refractivity (Wildman–Crippen MR) is 120 cm³/mol. The number of aromatic amines is 1. The van der Waals surface area contributed by atoms with E-state index in [1.54, 1.807) is 12.3 Å². The second-order valence-electron chi connectivity index (χ2n) is 7.84. The molecule has 0 spiro atoms. The van der Waals surface area contributed by atoms with Crippen molar-refractivity contribution in [2.24, 2.45) is 0 Å². The van der Waals surface area contributed by atoms with Crippen LogP contribution in [-0.2, 0) is 6.18 Å². The molecule has 0 saturated carbocycles. The van der Waals surface area contributed by atoms with E-state index >= 15 is 0 Å². The van der Waals surface area contributed by atoms with E-state index < -0.39 is 11.7 Å². The van der Waals surface area contributed by atoms with Crippen molar-refractivity contribution in [2.45, 2.75) is 32.0 Å². The molecule has 0 amide bonds. The van der Waals surface area contributed by atoms with Gasteiger partial charge in [-0.25, -0.2) is 15.0 Å². The molecular formula is C21H20F3N7OS. The van der Waals surface area contributed by atoms with Crippen LogP contribution in [0.1, 0.15) is 23.4 Å². The van der Waals surface area contributed by atoms with E-state index in [9.17, 15) is 18.0 Å². The van der Waals surface area contributed by atoms with Crippen LogP contribution >= 0.6 is 11.3 Å². The second-order valence-corrected chi connectivity index (χ2v) is 9.05. The molecule has 1 aliphatic heterocycles. The number of nitrogens with zero attached hydrogens (tertiary/aromatic N) is 4. The van der Waals surface area contributed by atoms with Gasteiger partial charge in [-0.05, 0) is 32.4 Å². The van der Waals surface area contributed by atoms with Crippen molar-refractivity contribution >= 4 is 28.2 Å². The minimum absolute atomic E-state index is 0.0290. The number of aromatic nitrogens is 5. The number of H-pyrrole nitrogens is 1. The van der Waals surface area contributed by atoms with Crippen molar-refractivity contribution in [1.82, 2.24) is 29.8 Å². The summed E-state index contributed by atoms with van der Waals surface area (Å²) in [6, 6.07) is 1.64. The first-order valence-electron chi connectivity index (χ1n) is 10.4. The molecule has 172 valence electrons. The summed E-state index contributed by atoms with van der Waals surface area (Å²) in [4.78, 5) is 28.2. The summed E-state index contributed by atoms with van der Waals surface area (Å²) in [7, 11) is 0. The van der Waals surface area contributed by atoms with E-state index in [1.807, 2.05) is 6.92 Å². The second kappa shape index (κ2) is 8.27. The summed E-state index contributed by atoms with van der Waals surface area (Å²) >= 11 is 1.35. The molecule has 4 aromatic heterocycles. The Morgan fingerprint density at radius 2 is 2.12 bits per heavy atom. The Morgan fingerprint density at radius 1 is 1.27 bits per heavy atom. The molecule has 5 heterocycles. The number of fused-ring (bicyclic) bond motifs is 1. The maximum absolute atomic E-state index is 13.8. The summed E-state index contributed by atoms with van der Waals surface area (Å²) in [5.74, 6) is 0.120. The smallest absolute Gasteiger partial charge is 0.356 e. The average Bonchev–Trinajstić information content (AvgIpc) is 3.41. The Hall–Kier alpha value is -3.25. The van der Waals surface area contributed by atoms with Gasteiger partial charge in [-0.3, -0.25) is 9.36 Å². The maximum atomic E-state index is 13.8. The first kappa shape index (κ1) is 21.6. The number of rotatable bonds is 4. The first-order valence-corrected chi connectivity index (χ1v) is 11.2. The Morgan fingerprint density at radius 3 is 2.82 bits per heavy atom. The number of alkyl halides is 3. The highest BCUT2D eigenvalue weighted by atomic mass is 32.1. The summed E-state index contributed by atoms with van der Waals surface area (Å²) in [5, 5.41) is 8.14. The minimum atomic E-state index is -4.65. The van der Waals surface area contributed by atoms with Gasteiger partial charge in [-0.15, -0.1) is 11.3 Å². The van der Waals surface area contributed by atoms with Crippen LogP contribution in [0, 0.1) is 6.92 Å². The third-order valence-corrected chi connectivity index (χ3v) is 6.48. The molecule has 8 nitrogen and oxygen atoms in total. The molecule has 0 radical (unpaired) electrons. The number of pyridine rings is 1. The Kier molecular flexibility index (Phi) is 5.41. The van der Waals surface area contributed by atoms with E-state index in [0.717, 1.165) is 30.6 Å². The van der Waals surface area contributed by atoms with Crippen molar-refractivity contribution in [3.05, 3.63) is 51.8 Å². The van der Waals surface area contributed by atoms with Gasteiger partial charge in [-0.1, -0.05) is 0 Å². The van der Waals surface area contributed by atoms with Crippen molar-refractivity contribution in [3.63, 3.8) is 0 Å². The molecule has 33 heavy (non-hydrogen) atoms. The Labute approximate surface area is 189 Å². The fourth-order valence-corrected chi connectivity index (χ4v) is 4.73. The molecule has 0 aromatic carbocycles. The highest BCUT2D eigenvalue weighted by molar-refractivity contribution is 7.14. The number of hydrogen-bond acceptors (Lipinski definition) is 7. The van der Waals surface area contributed by atoms with Crippen LogP contribution in [0.2, 0.25) is 0 Å². The largest absolute Gasteiger partial charge is 0.419 e. The lowest BCUT2D eigenvalue weighted by atomic mass is 10.1. The number of nitrogens with one attached hydrogen (secondary N) is 3. The maximum Gasteiger partial charge on any atom is 0.419 e. The van der Waals surface area contributed by atoms with Crippen LogP contribution in [0.25, 0.3) is 27.2 Å². The van der Waals surface area contributed by atoms with E-state index in [-0.39, 0.29) is 34.3 Å². The van der Waals surface area contributed by atoms with Crippen LogP contribution < -0.4 is 16.2 Å². The fraction of sp³-hybridized carbons (Fsp3) is 0.333. The average molecular weight is 476 g/mol. The van der Waals surface area contributed by atoms with E-state index in [4.69, 9.17) is 0 Å². The van der Waals surface area contributed by atoms with Crippen molar-refractivity contribution in [2.75, 3.05) is 18.4 Å². The minimum Gasteiger partial charge on any atom is -0.356 e. The van der Waals surface area contributed by atoms with Crippen LogP contribution in [0.5, 0.6) is 0 Å². The lowest BCUT2D eigenvalue weighted by Crippen LogP contribution is -2.38. The SMILES string of the molecule is Cc1ncc(-n2ccc3c(-c4nc(NC5CCCNC5)ncc4C(F)(F)F)c[nH]c3c2=O)s1. The summed E-state index contributed by atoms with van der Waals surface area (Å²) < 4.78 is 42.8. The lowest BCUT2D eigenvalue weighted by molar-refractivity contribution is -0.137. The molecular weight excluding hydrogens is 455 g/mol. The molecule has 0 bridgehead atoms. The van der Waals surface area contributed by atoms with Crippen molar-refractivity contribution in [1.29, 1.82) is 0 Å². The van der Waals surface area contributed by atoms with Crippen LogP contribution in [0.3, 0.4) is 0 Å². The first-order chi connectivity index (χ1) is 15.8. The third kappa shape index (κ3) is 4.11. The Bertz CT molecular complexity index is 1370. The fourth-order valence-electron chi connectivity index (χ4n) is 3.97. The zero-order chi connectivity index (χ0) is 23.2. The predicted octanol–water partition coefficient (Wildman–Crippen LogP) is 3.72. The molecule has 1 atom stereocenters. The number of hydrogen-bond donors (Lipinski definition) is 3. The van der Waals surface area contributed by atoms with Crippen LogP contribution in [0.4, 0.5) is 19.1 Å².